The third kappa shape index (κ3) is 1.04. The van der Waals surface area contributed by atoms with Crippen molar-refractivity contribution < 1.29 is 0 Å². The molecule has 0 radical (unpaired) electrons. The van der Waals surface area contributed by atoms with Crippen molar-refractivity contribution in [3.8, 4) is 0 Å². The zero-order chi connectivity index (χ0) is 9.93. The van der Waals surface area contributed by atoms with Gasteiger partial charge in [-0.25, -0.2) is 0 Å². The van der Waals surface area contributed by atoms with Crippen molar-refractivity contribution in [3.05, 3.63) is 0 Å². The van der Waals surface area contributed by atoms with Crippen LogP contribution in [-0.2, 0) is 0 Å². The maximum Gasteiger partial charge on any atom is -0.0235 e. The van der Waals surface area contributed by atoms with Gasteiger partial charge in [0.1, 0.15) is 0 Å². The molecule has 3 atom stereocenters. The second-order valence-electron chi connectivity index (χ2n) is 7.18. The molecule has 0 aliphatic heterocycles. The van der Waals surface area contributed by atoms with Crippen LogP contribution in [0.2, 0.25) is 0 Å². The third-order valence-corrected chi connectivity index (χ3v) is 6.73. The second-order valence-corrected chi connectivity index (χ2v) is 7.18. The molecule has 0 aromatic heterocycles. The fraction of sp³-hybridized carbons (Fsp3) is 1.00. The van der Waals surface area contributed by atoms with E-state index in [9.17, 15) is 0 Å². The van der Waals surface area contributed by atoms with Gasteiger partial charge >= 0.3 is 0 Å². The minimum absolute atomic E-state index is 0.869. The Labute approximate surface area is 93.8 Å². The van der Waals surface area contributed by atoms with Gasteiger partial charge in [-0.15, -0.1) is 0 Å². The van der Waals surface area contributed by atoms with Crippen LogP contribution < -0.4 is 0 Å². The van der Waals surface area contributed by atoms with Crippen molar-refractivity contribution in [2.45, 2.75) is 70.6 Å². The Hall–Kier alpha value is 0. The first kappa shape index (κ1) is 9.07. The van der Waals surface area contributed by atoms with E-state index < -0.39 is 0 Å². The van der Waals surface area contributed by atoms with Gasteiger partial charge in [-0.05, 0) is 74.0 Å². The zero-order valence-electron chi connectivity index (χ0n) is 9.93. The monoisotopic (exact) mass is 204 g/mol. The quantitative estimate of drug-likeness (QED) is 0.543. The summed E-state index contributed by atoms with van der Waals surface area (Å²) in [6.07, 6.45) is 17.6. The van der Waals surface area contributed by atoms with Crippen LogP contribution in [0.25, 0.3) is 0 Å². The van der Waals surface area contributed by atoms with Crippen LogP contribution in [-0.4, -0.2) is 0 Å². The van der Waals surface area contributed by atoms with Gasteiger partial charge in [-0.1, -0.05) is 19.3 Å². The van der Waals surface area contributed by atoms with E-state index in [-0.39, 0.29) is 0 Å². The van der Waals surface area contributed by atoms with Gasteiger partial charge in [0.15, 0.2) is 0 Å². The maximum atomic E-state index is 1.66. The zero-order valence-corrected chi connectivity index (χ0v) is 9.93. The molecular formula is C15H24. The number of rotatable bonds is 0. The van der Waals surface area contributed by atoms with Crippen LogP contribution in [0.3, 0.4) is 0 Å². The average molecular weight is 204 g/mol. The highest BCUT2D eigenvalue weighted by Gasteiger charge is 2.61. The molecule has 4 fully saturated rings. The van der Waals surface area contributed by atoms with E-state index in [1.54, 1.807) is 70.6 Å². The summed E-state index contributed by atoms with van der Waals surface area (Å²) in [5.74, 6) is 2.34. The van der Waals surface area contributed by atoms with Gasteiger partial charge in [0.05, 0.1) is 0 Å². The lowest BCUT2D eigenvalue weighted by molar-refractivity contribution is 0.174. The molecule has 0 heteroatoms. The lowest BCUT2D eigenvalue weighted by Gasteiger charge is -2.32. The normalized spacial score (nSPS) is 51.2. The highest BCUT2D eigenvalue weighted by Crippen LogP contribution is 2.71. The Balaban J connectivity index is 1.68. The number of hydrogen-bond acceptors (Lipinski definition) is 0. The summed E-state index contributed by atoms with van der Waals surface area (Å²) >= 11 is 0. The summed E-state index contributed by atoms with van der Waals surface area (Å²) in [6, 6.07) is 0. The molecule has 2 spiro atoms. The molecule has 4 aliphatic carbocycles. The minimum Gasteiger partial charge on any atom is -0.0528 e. The molecule has 0 aromatic rings. The number of hydrogen-bond donors (Lipinski definition) is 0. The van der Waals surface area contributed by atoms with Crippen LogP contribution in [0.15, 0.2) is 0 Å². The van der Waals surface area contributed by atoms with Crippen LogP contribution in [0.1, 0.15) is 70.6 Å². The minimum atomic E-state index is 0.869. The van der Waals surface area contributed by atoms with Crippen molar-refractivity contribution in [2.24, 2.45) is 22.7 Å². The second kappa shape index (κ2) is 2.81. The Kier molecular flexibility index (Phi) is 1.70. The van der Waals surface area contributed by atoms with Gasteiger partial charge in [-0.2, -0.15) is 0 Å². The standard InChI is InChI=1S/C15H24/c1-2-8-14(7-1)10-13-6-5-12-4-3-9-15(12,13)11-14/h12-13H,1-11H2. The first-order valence-corrected chi connectivity index (χ1v) is 7.33. The van der Waals surface area contributed by atoms with Crippen molar-refractivity contribution >= 4 is 0 Å². The molecule has 84 valence electrons. The predicted molar refractivity (Wildman–Crippen MR) is 62.6 cm³/mol. The average Bonchev–Trinajstić information content (AvgIpc) is 2.89. The molecule has 0 saturated heterocycles. The van der Waals surface area contributed by atoms with E-state index >= 15 is 0 Å². The smallest absolute Gasteiger partial charge is 0.0235 e. The molecule has 3 unspecified atom stereocenters. The summed E-state index contributed by atoms with van der Waals surface area (Å²) in [7, 11) is 0. The van der Waals surface area contributed by atoms with Gasteiger partial charge in [0.2, 0.25) is 0 Å². The summed E-state index contributed by atoms with van der Waals surface area (Å²) in [5.41, 5.74) is 1.76. The van der Waals surface area contributed by atoms with E-state index in [4.69, 9.17) is 0 Å². The molecule has 0 N–H and O–H groups in total. The Morgan fingerprint density at radius 2 is 1.53 bits per heavy atom. The molecule has 0 nitrogen and oxygen atoms in total. The maximum absolute atomic E-state index is 1.66. The Morgan fingerprint density at radius 3 is 2.40 bits per heavy atom. The summed E-state index contributed by atoms with van der Waals surface area (Å²) in [4.78, 5) is 0. The molecule has 4 rings (SSSR count). The van der Waals surface area contributed by atoms with Gasteiger partial charge in [-0.3, -0.25) is 0 Å². The van der Waals surface area contributed by atoms with Crippen molar-refractivity contribution in [2.75, 3.05) is 0 Å². The lowest BCUT2D eigenvalue weighted by atomic mass is 9.73. The van der Waals surface area contributed by atoms with E-state index in [0.29, 0.717) is 0 Å². The van der Waals surface area contributed by atoms with E-state index in [0.717, 1.165) is 10.8 Å². The first-order valence-electron chi connectivity index (χ1n) is 7.33. The van der Waals surface area contributed by atoms with Gasteiger partial charge < -0.3 is 0 Å². The molecule has 4 aliphatic rings. The molecule has 0 bridgehead atoms. The van der Waals surface area contributed by atoms with Crippen LogP contribution in [0, 0.1) is 22.7 Å². The molecule has 0 aromatic carbocycles. The lowest BCUT2D eigenvalue weighted by Crippen LogP contribution is -2.24. The van der Waals surface area contributed by atoms with Crippen LogP contribution in [0.5, 0.6) is 0 Å². The summed E-state index contributed by atoms with van der Waals surface area (Å²) in [6.45, 7) is 0. The Bertz CT molecular complexity index is 274. The van der Waals surface area contributed by atoms with Gasteiger partial charge in [0, 0.05) is 0 Å². The molecule has 15 heavy (non-hydrogen) atoms. The van der Waals surface area contributed by atoms with Gasteiger partial charge in [0.25, 0.3) is 0 Å². The molecular weight excluding hydrogens is 180 g/mol. The van der Waals surface area contributed by atoms with E-state index in [1.165, 1.54) is 11.8 Å². The van der Waals surface area contributed by atoms with E-state index in [1.807, 2.05) is 0 Å². The SMILES string of the molecule is C1CCC2(C1)CC1CCC3CCCC31C2. The van der Waals surface area contributed by atoms with E-state index in [2.05, 4.69) is 0 Å². The van der Waals surface area contributed by atoms with Crippen LogP contribution in [0.4, 0.5) is 0 Å². The summed E-state index contributed by atoms with van der Waals surface area (Å²) < 4.78 is 0. The van der Waals surface area contributed by atoms with Crippen molar-refractivity contribution in [3.63, 3.8) is 0 Å². The fourth-order valence-electron chi connectivity index (χ4n) is 6.31. The topological polar surface area (TPSA) is 0 Å². The largest absolute Gasteiger partial charge is 0.0528 e. The molecule has 0 heterocycles. The predicted octanol–water partition coefficient (Wildman–Crippen LogP) is 4.54. The molecule has 4 saturated carbocycles. The summed E-state index contributed by atoms with van der Waals surface area (Å²) in [5, 5.41) is 0. The third-order valence-electron chi connectivity index (χ3n) is 6.73. The Morgan fingerprint density at radius 1 is 0.733 bits per heavy atom. The fourth-order valence-corrected chi connectivity index (χ4v) is 6.31. The van der Waals surface area contributed by atoms with Crippen molar-refractivity contribution in [1.29, 1.82) is 0 Å². The van der Waals surface area contributed by atoms with Crippen molar-refractivity contribution in [1.82, 2.24) is 0 Å². The van der Waals surface area contributed by atoms with Crippen LogP contribution >= 0.6 is 0 Å². The highest BCUT2D eigenvalue weighted by molar-refractivity contribution is 5.11. The molecule has 0 amide bonds. The highest BCUT2D eigenvalue weighted by atomic mass is 14.7. The first-order chi connectivity index (χ1) is 7.33.